The van der Waals surface area contributed by atoms with Crippen molar-refractivity contribution in [3.63, 3.8) is 0 Å². The van der Waals surface area contributed by atoms with E-state index < -0.39 is 0 Å². The van der Waals surface area contributed by atoms with E-state index in [1.54, 1.807) is 0 Å². The molecule has 2 heteroatoms. The van der Waals surface area contributed by atoms with Crippen molar-refractivity contribution in [1.29, 1.82) is 0 Å². The molecule has 2 rings (SSSR count). The van der Waals surface area contributed by atoms with E-state index in [0.29, 0.717) is 0 Å². The van der Waals surface area contributed by atoms with Crippen LogP contribution in [0.2, 0.25) is 0 Å². The molecule has 1 unspecified atom stereocenters. The SMILES string of the molecule is Cc1ccc(C(N)C(C)(C)c2ccc(F)cc2)cc1. The van der Waals surface area contributed by atoms with Gasteiger partial charge in [0, 0.05) is 11.5 Å². The lowest BCUT2D eigenvalue weighted by Crippen LogP contribution is -2.33. The minimum atomic E-state index is -0.247. The van der Waals surface area contributed by atoms with Gasteiger partial charge in [0.05, 0.1) is 0 Å². The van der Waals surface area contributed by atoms with E-state index in [1.165, 1.54) is 17.7 Å². The summed E-state index contributed by atoms with van der Waals surface area (Å²) in [5.41, 5.74) is 9.51. The van der Waals surface area contributed by atoms with Crippen LogP contribution in [-0.2, 0) is 5.41 Å². The number of benzene rings is 2. The summed E-state index contributed by atoms with van der Waals surface area (Å²) in [6, 6.07) is 14.7. The van der Waals surface area contributed by atoms with E-state index in [-0.39, 0.29) is 17.3 Å². The molecule has 2 aromatic carbocycles. The van der Waals surface area contributed by atoms with Crippen LogP contribution in [0.4, 0.5) is 4.39 Å². The van der Waals surface area contributed by atoms with Gasteiger partial charge in [-0.15, -0.1) is 0 Å². The zero-order chi connectivity index (χ0) is 14.0. The fraction of sp³-hybridized carbons (Fsp3) is 0.294. The Morgan fingerprint density at radius 3 is 2.00 bits per heavy atom. The first-order valence-electron chi connectivity index (χ1n) is 6.49. The molecule has 0 heterocycles. The lowest BCUT2D eigenvalue weighted by molar-refractivity contribution is 0.420. The maximum atomic E-state index is 13.0. The molecule has 2 N–H and O–H groups in total. The summed E-state index contributed by atoms with van der Waals surface area (Å²) in [5.74, 6) is -0.219. The fourth-order valence-corrected chi connectivity index (χ4v) is 2.25. The first kappa shape index (κ1) is 13.8. The molecule has 0 aliphatic rings. The topological polar surface area (TPSA) is 26.0 Å². The molecule has 0 spiro atoms. The molecule has 0 aliphatic heterocycles. The first-order valence-corrected chi connectivity index (χ1v) is 6.49. The third kappa shape index (κ3) is 2.85. The minimum absolute atomic E-state index is 0.126. The highest BCUT2D eigenvalue weighted by molar-refractivity contribution is 5.32. The average Bonchev–Trinajstić information content (AvgIpc) is 2.39. The summed E-state index contributed by atoms with van der Waals surface area (Å²) in [7, 11) is 0. The van der Waals surface area contributed by atoms with E-state index in [1.807, 2.05) is 12.1 Å². The van der Waals surface area contributed by atoms with Gasteiger partial charge in [0.15, 0.2) is 0 Å². The van der Waals surface area contributed by atoms with Gasteiger partial charge in [-0.1, -0.05) is 55.8 Å². The van der Waals surface area contributed by atoms with Gasteiger partial charge in [-0.3, -0.25) is 0 Å². The van der Waals surface area contributed by atoms with Crippen LogP contribution in [-0.4, -0.2) is 0 Å². The zero-order valence-corrected chi connectivity index (χ0v) is 11.7. The van der Waals surface area contributed by atoms with Crippen LogP contribution in [0.25, 0.3) is 0 Å². The van der Waals surface area contributed by atoms with Gasteiger partial charge in [0.1, 0.15) is 5.82 Å². The van der Waals surface area contributed by atoms with E-state index in [9.17, 15) is 4.39 Å². The summed E-state index contributed by atoms with van der Waals surface area (Å²) in [5, 5.41) is 0. The van der Waals surface area contributed by atoms with Crippen LogP contribution < -0.4 is 5.73 Å². The highest BCUT2D eigenvalue weighted by atomic mass is 19.1. The lowest BCUT2D eigenvalue weighted by atomic mass is 9.75. The standard InChI is InChI=1S/C17H20FN/c1-12-4-6-13(7-5-12)16(19)17(2,3)14-8-10-15(18)11-9-14/h4-11,16H,19H2,1-3H3. The Morgan fingerprint density at radius 2 is 1.47 bits per heavy atom. The molecular weight excluding hydrogens is 237 g/mol. The molecule has 0 saturated heterocycles. The number of aryl methyl sites for hydroxylation is 1. The monoisotopic (exact) mass is 257 g/mol. The molecular formula is C17H20FN. The van der Waals surface area contributed by atoms with Crippen molar-refractivity contribution in [3.05, 3.63) is 71.0 Å². The van der Waals surface area contributed by atoms with Crippen LogP contribution in [0.5, 0.6) is 0 Å². The number of hydrogen-bond donors (Lipinski definition) is 1. The second-order valence-electron chi connectivity index (χ2n) is 5.62. The highest BCUT2D eigenvalue weighted by Crippen LogP contribution is 2.35. The van der Waals surface area contributed by atoms with E-state index in [2.05, 4.69) is 45.0 Å². The van der Waals surface area contributed by atoms with E-state index in [4.69, 9.17) is 5.73 Å². The Hall–Kier alpha value is -1.67. The largest absolute Gasteiger partial charge is 0.323 e. The molecule has 0 aliphatic carbocycles. The molecule has 0 aromatic heterocycles. The van der Waals surface area contributed by atoms with Gasteiger partial charge < -0.3 is 5.73 Å². The van der Waals surface area contributed by atoms with Crippen molar-refractivity contribution >= 4 is 0 Å². The predicted octanol–water partition coefficient (Wildman–Crippen LogP) is 4.11. The van der Waals surface area contributed by atoms with Crippen LogP contribution in [0.15, 0.2) is 48.5 Å². The summed E-state index contributed by atoms with van der Waals surface area (Å²) in [6.45, 7) is 6.23. The molecule has 100 valence electrons. The number of rotatable bonds is 3. The van der Waals surface area contributed by atoms with Crippen molar-refractivity contribution in [2.24, 2.45) is 5.73 Å². The fourth-order valence-electron chi connectivity index (χ4n) is 2.25. The number of hydrogen-bond acceptors (Lipinski definition) is 1. The van der Waals surface area contributed by atoms with Gasteiger partial charge in [-0.05, 0) is 30.2 Å². The van der Waals surface area contributed by atoms with Gasteiger partial charge >= 0.3 is 0 Å². The average molecular weight is 257 g/mol. The normalized spacial score (nSPS) is 13.3. The maximum Gasteiger partial charge on any atom is 0.123 e. The third-order valence-electron chi connectivity index (χ3n) is 3.80. The zero-order valence-electron chi connectivity index (χ0n) is 11.7. The molecule has 0 amide bonds. The van der Waals surface area contributed by atoms with Gasteiger partial charge in [0.2, 0.25) is 0 Å². The van der Waals surface area contributed by atoms with E-state index in [0.717, 1.165) is 11.1 Å². The Kier molecular flexibility index (Phi) is 3.72. The second kappa shape index (κ2) is 5.14. The van der Waals surface area contributed by atoms with Gasteiger partial charge in [-0.2, -0.15) is 0 Å². The predicted molar refractivity (Wildman–Crippen MR) is 77.5 cm³/mol. The van der Waals surface area contributed by atoms with Gasteiger partial charge in [0.25, 0.3) is 0 Å². The summed E-state index contributed by atoms with van der Waals surface area (Å²) in [6.07, 6.45) is 0. The Balaban J connectivity index is 2.32. The Morgan fingerprint density at radius 1 is 0.947 bits per heavy atom. The van der Waals surface area contributed by atoms with Crippen LogP contribution in [0.1, 0.15) is 36.6 Å². The molecule has 0 radical (unpaired) electrons. The smallest absolute Gasteiger partial charge is 0.123 e. The Labute approximate surface area is 114 Å². The number of halogens is 1. The van der Waals surface area contributed by atoms with E-state index >= 15 is 0 Å². The summed E-state index contributed by atoms with van der Waals surface area (Å²) < 4.78 is 13.0. The van der Waals surface area contributed by atoms with Crippen molar-refractivity contribution in [2.45, 2.75) is 32.2 Å². The molecule has 0 bridgehead atoms. The lowest BCUT2D eigenvalue weighted by Gasteiger charge is -2.32. The van der Waals surface area contributed by atoms with Crippen LogP contribution in [0, 0.1) is 12.7 Å². The molecule has 2 aromatic rings. The maximum absolute atomic E-state index is 13.0. The van der Waals surface area contributed by atoms with Crippen molar-refractivity contribution < 1.29 is 4.39 Å². The molecule has 19 heavy (non-hydrogen) atoms. The Bertz CT molecular complexity index is 540. The highest BCUT2D eigenvalue weighted by Gasteiger charge is 2.29. The molecule has 1 nitrogen and oxygen atoms in total. The minimum Gasteiger partial charge on any atom is -0.323 e. The van der Waals surface area contributed by atoms with Crippen molar-refractivity contribution in [2.75, 3.05) is 0 Å². The second-order valence-corrected chi connectivity index (χ2v) is 5.62. The van der Waals surface area contributed by atoms with Crippen LogP contribution >= 0.6 is 0 Å². The molecule has 0 saturated carbocycles. The summed E-state index contributed by atoms with van der Waals surface area (Å²) >= 11 is 0. The van der Waals surface area contributed by atoms with Crippen LogP contribution in [0.3, 0.4) is 0 Å². The van der Waals surface area contributed by atoms with Crippen molar-refractivity contribution in [1.82, 2.24) is 0 Å². The molecule has 1 atom stereocenters. The van der Waals surface area contributed by atoms with Crippen molar-refractivity contribution in [3.8, 4) is 0 Å². The van der Waals surface area contributed by atoms with Gasteiger partial charge in [-0.25, -0.2) is 4.39 Å². The quantitative estimate of drug-likeness (QED) is 0.879. The third-order valence-corrected chi connectivity index (χ3v) is 3.80. The number of nitrogens with two attached hydrogens (primary N) is 1. The first-order chi connectivity index (χ1) is 8.91. The summed E-state index contributed by atoms with van der Waals surface area (Å²) in [4.78, 5) is 0. The molecule has 0 fully saturated rings.